The molecule has 8 nitrogen and oxygen atoms in total. The van der Waals surface area contributed by atoms with Crippen LogP contribution in [0.25, 0.3) is 20.7 Å². The van der Waals surface area contributed by atoms with Gasteiger partial charge in [0.05, 0.1) is 23.9 Å². The number of thioether (sulfide) groups is 1. The van der Waals surface area contributed by atoms with Crippen molar-refractivity contribution in [3.8, 4) is 10.4 Å². The Kier molecular flexibility index (Phi) is 6.88. The summed E-state index contributed by atoms with van der Waals surface area (Å²) in [5, 5.41) is 9.64. The molecule has 0 radical (unpaired) electrons. The van der Waals surface area contributed by atoms with Crippen LogP contribution < -0.4 is 16.2 Å². The molecule has 4 aromatic heterocycles. The second kappa shape index (κ2) is 9.98. The van der Waals surface area contributed by atoms with Gasteiger partial charge >= 0.3 is 6.03 Å². The van der Waals surface area contributed by atoms with Gasteiger partial charge in [-0.2, -0.15) is 0 Å². The van der Waals surface area contributed by atoms with E-state index in [-0.39, 0.29) is 24.4 Å². The van der Waals surface area contributed by atoms with Gasteiger partial charge in [-0.3, -0.25) is 19.5 Å². The SMILES string of the molecule is C=CCn1c(SCC(=O)NC(=O)NCc2ccco2)nc2scc(-c3cccs3)c2c1=O. The number of nitrogens with one attached hydrogen (secondary N) is 2. The summed E-state index contributed by atoms with van der Waals surface area (Å²) < 4.78 is 6.62. The van der Waals surface area contributed by atoms with Gasteiger partial charge in [-0.25, -0.2) is 9.78 Å². The Morgan fingerprint density at radius 2 is 2.16 bits per heavy atom. The van der Waals surface area contributed by atoms with Gasteiger partial charge in [-0.15, -0.1) is 29.3 Å². The fraction of sp³-hybridized carbons (Fsp3) is 0.143. The van der Waals surface area contributed by atoms with Crippen molar-refractivity contribution in [1.29, 1.82) is 0 Å². The number of urea groups is 1. The van der Waals surface area contributed by atoms with E-state index in [1.165, 1.54) is 22.2 Å². The lowest BCUT2D eigenvalue weighted by Crippen LogP contribution is -2.40. The van der Waals surface area contributed by atoms with Crippen LogP contribution in [0.15, 0.2) is 68.3 Å². The number of hydrogen-bond donors (Lipinski definition) is 2. The van der Waals surface area contributed by atoms with Gasteiger partial charge in [0, 0.05) is 22.4 Å². The van der Waals surface area contributed by atoms with Gasteiger partial charge in [0.15, 0.2) is 5.16 Å². The minimum atomic E-state index is -0.627. The van der Waals surface area contributed by atoms with Gasteiger partial charge in [0.1, 0.15) is 10.6 Å². The molecule has 3 amide bonds. The third-order valence-corrected chi connectivity index (χ3v) is 7.10. The van der Waals surface area contributed by atoms with Crippen LogP contribution in [0.2, 0.25) is 0 Å². The van der Waals surface area contributed by atoms with E-state index in [1.807, 2.05) is 22.9 Å². The van der Waals surface area contributed by atoms with E-state index in [0.717, 1.165) is 22.2 Å². The molecule has 164 valence electrons. The Hall–Kier alpha value is -3.15. The molecule has 0 saturated carbocycles. The number of carbonyl (C=O) groups excluding carboxylic acids is 2. The summed E-state index contributed by atoms with van der Waals surface area (Å²) in [6.07, 6.45) is 3.11. The number of hydrogen-bond acceptors (Lipinski definition) is 8. The number of nitrogens with zero attached hydrogens (tertiary/aromatic N) is 2. The zero-order valence-electron chi connectivity index (χ0n) is 16.7. The van der Waals surface area contributed by atoms with Gasteiger partial charge in [-0.05, 0) is 23.6 Å². The van der Waals surface area contributed by atoms with Gasteiger partial charge in [0.2, 0.25) is 5.91 Å². The highest BCUT2D eigenvalue weighted by atomic mass is 32.2. The molecule has 0 spiro atoms. The minimum Gasteiger partial charge on any atom is -0.467 e. The smallest absolute Gasteiger partial charge is 0.321 e. The number of furan rings is 1. The van der Waals surface area contributed by atoms with Crippen LogP contribution in [0, 0.1) is 0 Å². The Bertz CT molecular complexity index is 1310. The molecule has 11 heteroatoms. The number of carbonyl (C=O) groups is 2. The lowest BCUT2D eigenvalue weighted by atomic mass is 10.2. The second-order valence-electron chi connectivity index (χ2n) is 6.50. The van der Waals surface area contributed by atoms with Crippen molar-refractivity contribution < 1.29 is 14.0 Å². The first-order valence-electron chi connectivity index (χ1n) is 9.46. The lowest BCUT2D eigenvalue weighted by molar-refractivity contribution is -0.117. The second-order valence-corrected chi connectivity index (χ2v) is 9.25. The molecule has 0 bridgehead atoms. The topological polar surface area (TPSA) is 106 Å². The van der Waals surface area contributed by atoms with E-state index in [1.54, 1.807) is 29.5 Å². The highest BCUT2D eigenvalue weighted by Gasteiger charge is 2.18. The van der Waals surface area contributed by atoms with E-state index in [9.17, 15) is 14.4 Å². The van der Waals surface area contributed by atoms with E-state index in [4.69, 9.17) is 4.42 Å². The first kappa shape index (κ1) is 22.1. The van der Waals surface area contributed by atoms with Crippen LogP contribution in [-0.4, -0.2) is 27.2 Å². The van der Waals surface area contributed by atoms with Crippen LogP contribution in [0.5, 0.6) is 0 Å². The zero-order valence-corrected chi connectivity index (χ0v) is 19.1. The predicted molar refractivity (Wildman–Crippen MR) is 127 cm³/mol. The van der Waals surface area contributed by atoms with Gasteiger partial charge in [0.25, 0.3) is 5.56 Å². The monoisotopic (exact) mass is 486 g/mol. The van der Waals surface area contributed by atoms with Gasteiger partial charge < -0.3 is 9.73 Å². The fourth-order valence-corrected chi connectivity index (χ4v) is 5.55. The third kappa shape index (κ3) is 4.85. The largest absolute Gasteiger partial charge is 0.467 e. The maximum atomic E-state index is 13.2. The molecule has 0 fully saturated rings. The Balaban J connectivity index is 1.48. The summed E-state index contributed by atoms with van der Waals surface area (Å²) in [5.41, 5.74) is 0.677. The number of thiophene rings is 2. The van der Waals surface area contributed by atoms with Crippen molar-refractivity contribution in [2.75, 3.05) is 5.75 Å². The molecule has 0 aliphatic rings. The first-order chi connectivity index (χ1) is 15.6. The van der Waals surface area contributed by atoms with E-state index < -0.39 is 11.9 Å². The Labute approximate surface area is 195 Å². The summed E-state index contributed by atoms with van der Waals surface area (Å²) in [6.45, 7) is 4.15. The van der Waals surface area contributed by atoms with Crippen LogP contribution in [0.4, 0.5) is 4.79 Å². The van der Waals surface area contributed by atoms with Crippen molar-refractivity contribution in [1.82, 2.24) is 20.2 Å². The van der Waals surface area contributed by atoms with Crippen molar-refractivity contribution >= 4 is 56.6 Å². The van der Waals surface area contributed by atoms with Crippen LogP contribution in [-0.2, 0) is 17.9 Å². The fourth-order valence-electron chi connectivity index (χ4n) is 2.94. The molecule has 0 aliphatic heterocycles. The summed E-state index contributed by atoms with van der Waals surface area (Å²) in [4.78, 5) is 43.6. The summed E-state index contributed by atoms with van der Waals surface area (Å²) >= 11 is 4.04. The molecule has 2 N–H and O–H groups in total. The highest BCUT2D eigenvalue weighted by Crippen LogP contribution is 2.34. The molecule has 4 aromatic rings. The van der Waals surface area contributed by atoms with E-state index in [2.05, 4.69) is 22.2 Å². The van der Waals surface area contributed by atoms with Crippen molar-refractivity contribution in [3.63, 3.8) is 0 Å². The summed E-state index contributed by atoms with van der Waals surface area (Å²) in [5.74, 6) is -0.00504. The molecule has 32 heavy (non-hydrogen) atoms. The molecule has 0 atom stereocenters. The quantitative estimate of drug-likeness (QED) is 0.221. The first-order valence-corrected chi connectivity index (χ1v) is 12.2. The van der Waals surface area contributed by atoms with Crippen LogP contribution >= 0.6 is 34.4 Å². The molecule has 0 unspecified atom stereocenters. The summed E-state index contributed by atoms with van der Waals surface area (Å²) in [6, 6.07) is 6.70. The number of allylic oxidation sites excluding steroid dienone is 1. The van der Waals surface area contributed by atoms with Crippen molar-refractivity contribution in [2.24, 2.45) is 0 Å². The molecule has 0 saturated heterocycles. The number of rotatable bonds is 8. The predicted octanol–water partition coefficient (Wildman–Crippen LogP) is 4.08. The van der Waals surface area contributed by atoms with E-state index in [0.29, 0.717) is 21.1 Å². The van der Waals surface area contributed by atoms with Crippen LogP contribution in [0.3, 0.4) is 0 Å². The maximum absolute atomic E-state index is 13.2. The van der Waals surface area contributed by atoms with Crippen molar-refractivity contribution in [3.05, 3.63) is 70.1 Å². The molecular weight excluding hydrogens is 468 g/mol. The minimum absolute atomic E-state index is 0.0770. The zero-order chi connectivity index (χ0) is 22.5. The third-order valence-electron chi connectivity index (χ3n) is 4.35. The normalized spacial score (nSPS) is 10.9. The maximum Gasteiger partial charge on any atom is 0.321 e. The number of imide groups is 1. The molecule has 4 heterocycles. The molecular formula is C21H18N4O4S3. The summed E-state index contributed by atoms with van der Waals surface area (Å²) in [7, 11) is 0. The molecule has 4 rings (SSSR count). The molecule has 0 aromatic carbocycles. The Morgan fingerprint density at radius 3 is 2.88 bits per heavy atom. The highest BCUT2D eigenvalue weighted by molar-refractivity contribution is 7.99. The molecule has 0 aliphatic carbocycles. The van der Waals surface area contributed by atoms with Gasteiger partial charge in [-0.1, -0.05) is 23.9 Å². The van der Waals surface area contributed by atoms with Crippen LogP contribution in [0.1, 0.15) is 5.76 Å². The van der Waals surface area contributed by atoms with Crippen molar-refractivity contribution in [2.45, 2.75) is 18.2 Å². The van der Waals surface area contributed by atoms with E-state index >= 15 is 0 Å². The number of amides is 3. The number of fused-ring (bicyclic) bond motifs is 1. The average Bonchev–Trinajstić information content (AvgIpc) is 3.54. The Morgan fingerprint density at radius 1 is 1.28 bits per heavy atom. The number of aromatic nitrogens is 2. The lowest BCUT2D eigenvalue weighted by Gasteiger charge is -2.10. The average molecular weight is 487 g/mol. The standard InChI is InChI=1S/C21H18N4O4S3/c1-2-7-25-19(27)17-14(15-6-4-9-30-15)11-31-18(17)24-21(25)32-12-16(26)23-20(28)22-10-13-5-3-8-29-13/h2-6,8-9,11H,1,7,10,12H2,(H2,22,23,26,28).